The lowest BCUT2D eigenvalue weighted by Gasteiger charge is -2.64. The predicted molar refractivity (Wildman–Crippen MR) is 184 cm³/mol. The Morgan fingerprint density at radius 1 is 1.16 bits per heavy atom. The molecule has 5 aliphatic rings. The highest BCUT2D eigenvalue weighted by Crippen LogP contribution is 2.67. The highest BCUT2D eigenvalue weighted by atomic mass is 16.6. The molecule has 2 saturated heterocycles. The van der Waals surface area contributed by atoms with Gasteiger partial charge in [0.25, 0.3) is 0 Å². The van der Waals surface area contributed by atoms with E-state index >= 15 is 0 Å². The van der Waals surface area contributed by atoms with Gasteiger partial charge in [0.05, 0.1) is 61.5 Å². The fraction of sp³-hybridized carbons (Fsp3) is 0.553. The van der Waals surface area contributed by atoms with Crippen molar-refractivity contribution in [2.75, 3.05) is 44.8 Å². The van der Waals surface area contributed by atoms with E-state index in [1.807, 2.05) is 60.2 Å². The Bertz CT molecular complexity index is 1780. The largest absolute Gasteiger partial charge is 0.423 e. The molecule has 11 nitrogen and oxygen atoms in total. The van der Waals surface area contributed by atoms with Gasteiger partial charge < -0.3 is 34.3 Å². The molecule has 260 valence electrons. The van der Waals surface area contributed by atoms with Crippen LogP contribution in [-0.4, -0.2) is 98.9 Å². The van der Waals surface area contributed by atoms with Crippen LogP contribution in [0.15, 0.2) is 66.3 Å². The van der Waals surface area contributed by atoms with Crippen molar-refractivity contribution in [2.45, 2.75) is 63.3 Å². The van der Waals surface area contributed by atoms with E-state index in [9.17, 15) is 15.0 Å². The van der Waals surface area contributed by atoms with Crippen LogP contribution in [0.5, 0.6) is 0 Å². The first-order valence-corrected chi connectivity index (χ1v) is 17.6. The number of aliphatic hydroxyl groups excluding tert-OH is 2. The number of hydrogen-bond donors (Lipinski definition) is 3. The average molecular weight is 670 g/mol. The predicted octanol–water partition coefficient (Wildman–Crippen LogP) is 3.93. The Labute approximate surface area is 287 Å². The van der Waals surface area contributed by atoms with Gasteiger partial charge in [0.15, 0.2) is 0 Å². The second-order valence-corrected chi connectivity index (χ2v) is 15.3. The van der Waals surface area contributed by atoms with E-state index in [2.05, 4.69) is 34.0 Å². The smallest absolute Gasteiger partial charge is 0.341 e. The van der Waals surface area contributed by atoms with Crippen LogP contribution in [0.4, 0.5) is 5.82 Å². The van der Waals surface area contributed by atoms with Gasteiger partial charge in [-0.2, -0.15) is 0 Å². The molecule has 4 fully saturated rings. The number of morpholine rings is 1. The summed E-state index contributed by atoms with van der Waals surface area (Å²) >= 11 is 0. The number of pyridine rings is 1. The zero-order valence-electron chi connectivity index (χ0n) is 28.5. The molecule has 8 atom stereocenters. The van der Waals surface area contributed by atoms with E-state index < -0.39 is 23.2 Å². The molecule has 1 spiro atoms. The van der Waals surface area contributed by atoms with E-state index in [-0.39, 0.29) is 35.9 Å². The van der Waals surface area contributed by atoms with Crippen molar-refractivity contribution >= 4 is 28.9 Å². The molecular formula is C38H47N5O6. The van der Waals surface area contributed by atoms with Crippen molar-refractivity contribution in [1.82, 2.24) is 19.4 Å². The number of aryl methyl sites for hydroxylation is 1. The highest BCUT2D eigenvalue weighted by molar-refractivity contribution is 5.95. The quantitative estimate of drug-likeness (QED) is 0.239. The van der Waals surface area contributed by atoms with Crippen LogP contribution in [0.1, 0.15) is 45.1 Å². The number of hydrogen-bond acceptors (Lipinski definition) is 10. The van der Waals surface area contributed by atoms with Crippen molar-refractivity contribution in [2.24, 2.45) is 29.7 Å². The first-order valence-electron chi connectivity index (χ1n) is 17.6. The van der Waals surface area contributed by atoms with E-state index in [1.165, 1.54) is 0 Å². The number of carbonyl (C=O) groups is 1. The molecule has 2 aliphatic carbocycles. The maximum atomic E-state index is 13.8. The third kappa shape index (κ3) is 5.50. The molecule has 3 N–H and O–H groups in total. The zero-order valence-corrected chi connectivity index (χ0v) is 28.5. The fourth-order valence-corrected chi connectivity index (χ4v) is 9.87. The standard InChI is InChI=1S/C38H47N5O6/c1-36-10-9-33(45)37(2,21-44)30(36)20-32(43-12-14-47-15-13-43)38(22-48-38)31(36)19-27(41-34-6-4-5-11-39-34)26-18-25(49-35(26)46)16-24-7-8-29-28(17-24)40-23-42(29)3/h4-8,11,16-18,23,27,30-33,44-45H,9-10,12-15,19-22H2,1-3H3,(H,39,41)/t27?,30?,31?,32?,33-,36+,37+,38?/m1/s1. The number of aromatic nitrogens is 3. The molecule has 0 bridgehead atoms. The van der Waals surface area contributed by atoms with Crippen molar-refractivity contribution < 1.29 is 29.2 Å². The number of anilines is 1. The molecule has 11 heteroatoms. The highest BCUT2D eigenvalue weighted by Gasteiger charge is 2.71. The third-order valence-electron chi connectivity index (χ3n) is 12.7. The number of aliphatic hydroxyl groups is 2. The lowest BCUT2D eigenvalue weighted by Crippen LogP contribution is -2.68. The Kier molecular flexibility index (Phi) is 8.19. The van der Waals surface area contributed by atoms with Gasteiger partial charge in [-0.1, -0.05) is 26.0 Å². The summed E-state index contributed by atoms with van der Waals surface area (Å²) in [6.07, 6.45) is 9.51. The number of epoxide rings is 1. The lowest BCUT2D eigenvalue weighted by molar-refractivity contribution is -0.197. The maximum Gasteiger partial charge on any atom is 0.341 e. The minimum Gasteiger partial charge on any atom is -0.423 e. The minimum absolute atomic E-state index is 0.0134. The Morgan fingerprint density at radius 2 is 1.98 bits per heavy atom. The number of esters is 1. The van der Waals surface area contributed by atoms with Crippen LogP contribution in [0.25, 0.3) is 17.1 Å². The number of nitrogens with one attached hydrogen (secondary N) is 1. The molecular weight excluding hydrogens is 622 g/mol. The molecule has 3 aromatic rings. The number of benzene rings is 1. The average Bonchev–Trinajstić information content (AvgIpc) is 3.68. The van der Waals surface area contributed by atoms with E-state index in [0.717, 1.165) is 42.5 Å². The maximum absolute atomic E-state index is 13.8. The number of allylic oxidation sites excluding steroid dienone is 1. The second kappa shape index (κ2) is 12.3. The summed E-state index contributed by atoms with van der Waals surface area (Å²) in [6, 6.07) is 11.4. The SMILES string of the molecule is Cn1cnc2cc(C=C3C=C(C(CC4C5(CO5)C(N5CCOCC5)CC5[C@]4(C)CC[C@@H](O)[C@@]5(C)CO)Nc4ccccn4)C(=O)O3)ccc21. The summed E-state index contributed by atoms with van der Waals surface area (Å²) in [5.74, 6) is 0.822. The number of carbonyl (C=O) groups excluding carboxylic acids is 1. The summed E-state index contributed by atoms with van der Waals surface area (Å²) in [6.45, 7) is 7.91. The van der Waals surface area contributed by atoms with Gasteiger partial charge in [-0.15, -0.1) is 0 Å². The number of ether oxygens (including phenoxy) is 3. The van der Waals surface area contributed by atoms with E-state index in [4.69, 9.17) is 14.2 Å². The first-order chi connectivity index (χ1) is 23.6. The van der Waals surface area contributed by atoms with Crippen LogP contribution in [-0.2, 0) is 26.1 Å². The Morgan fingerprint density at radius 3 is 2.71 bits per heavy atom. The summed E-state index contributed by atoms with van der Waals surface area (Å²) in [5, 5.41) is 25.9. The summed E-state index contributed by atoms with van der Waals surface area (Å²) in [4.78, 5) is 25.3. The van der Waals surface area contributed by atoms with Crippen LogP contribution in [0.2, 0.25) is 0 Å². The van der Waals surface area contributed by atoms with Crippen molar-refractivity contribution in [1.29, 1.82) is 0 Å². The van der Waals surface area contributed by atoms with Crippen molar-refractivity contribution in [3.63, 3.8) is 0 Å². The van der Waals surface area contributed by atoms with Crippen LogP contribution < -0.4 is 5.32 Å². The molecule has 2 aromatic heterocycles. The Balaban J connectivity index is 1.19. The van der Waals surface area contributed by atoms with Crippen molar-refractivity contribution in [3.8, 4) is 0 Å². The van der Waals surface area contributed by atoms with E-state index in [1.54, 1.807) is 12.5 Å². The molecule has 8 rings (SSSR count). The normalized spacial score (nSPS) is 36.1. The molecule has 1 aromatic carbocycles. The van der Waals surface area contributed by atoms with E-state index in [0.29, 0.717) is 49.8 Å². The van der Waals surface area contributed by atoms with Gasteiger partial charge in [-0.05, 0) is 84.9 Å². The van der Waals surface area contributed by atoms with Gasteiger partial charge in [-0.3, -0.25) is 4.90 Å². The molecule has 2 saturated carbocycles. The van der Waals surface area contributed by atoms with Gasteiger partial charge in [-0.25, -0.2) is 14.8 Å². The van der Waals surface area contributed by atoms with Crippen LogP contribution in [0, 0.1) is 22.7 Å². The van der Waals surface area contributed by atoms with Crippen LogP contribution in [0.3, 0.4) is 0 Å². The molecule has 49 heavy (non-hydrogen) atoms. The molecule has 3 aliphatic heterocycles. The Hall–Kier alpha value is -3.61. The second-order valence-electron chi connectivity index (χ2n) is 15.3. The zero-order chi connectivity index (χ0) is 34.0. The molecule has 5 heterocycles. The summed E-state index contributed by atoms with van der Waals surface area (Å²) in [7, 11) is 1.96. The van der Waals surface area contributed by atoms with Gasteiger partial charge >= 0.3 is 5.97 Å². The monoisotopic (exact) mass is 669 g/mol. The number of cyclic esters (lactones) is 1. The molecule has 0 radical (unpaired) electrons. The number of fused-ring (bicyclic) bond motifs is 2. The summed E-state index contributed by atoms with van der Waals surface area (Å²) in [5.41, 5.74) is 2.00. The summed E-state index contributed by atoms with van der Waals surface area (Å²) < 4.78 is 20.3. The number of imidazole rings is 1. The lowest BCUT2D eigenvalue weighted by atomic mass is 9.43. The van der Waals surface area contributed by atoms with Gasteiger partial charge in [0, 0.05) is 37.8 Å². The van der Waals surface area contributed by atoms with Crippen molar-refractivity contribution in [3.05, 3.63) is 71.9 Å². The van der Waals surface area contributed by atoms with Crippen LogP contribution >= 0.6 is 0 Å². The number of nitrogens with zero attached hydrogens (tertiary/aromatic N) is 4. The minimum atomic E-state index is -0.660. The number of rotatable bonds is 8. The molecule has 5 unspecified atom stereocenters. The third-order valence-corrected chi connectivity index (χ3v) is 12.7. The first kappa shape index (κ1) is 32.6. The fourth-order valence-electron chi connectivity index (χ4n) is 9.87. The van der Waals surface area contributed by atoms with Gasteiger partial charge in [0.2, 0.25) is 0 Å². The topological polar surface area (TPSA) is 134 Å². The van der Waals surface area contributed by atoms with Gasteiger partial charge in [0.1, 0.15) is 17.2 Å². The molecule has 0 amide bonds.